The van der Waals surface area contributed by atoms with E-state index < -0.39 is 23.8 Å². The van der Waals surface area contributed by atoms with Crippen LogP contribution in [-0.4, -0.2) is 85.4 Å². The molecule has 3 rings (SSSR count). The molecule has 3 fully saturated rings. The maximum atomic E-state index is 12.9. The van der Waals surface area contributed by atoms with Crippen molar-refractivity contribution >= 4 is 40.9 Å². The normalized spacial score (nSPS) is 47.8. The molecule has 0 aromatic heterocycles. The van der Waals surface area contributed by atoms with Crippen molar-refractivity contribution in [3.63, 3.8) is 0 Å². The van der Waals surface area contributed by atoms with Gasteiger partial charge < -0.3 is 18.9 Å². The molecule has 3 saturated heterocycles. The fraction of sp³-hybridized carbons (Fsp3) is 1.00. The second kappa shape index (κ2) is 7.65. The molecule has 0 aliphatic carbocycles. The first-order chi connectivity index (χ1) is 11.4. The predicted molar refractivity (Wildman–Crippen MR) is 91.5 cm³/mol. The van der Waals surface area contributed by atoms with Crippen LogP contribution < -0.4 is 0 Å². The van der Waals surface area contributed by atoms with Gasteiger partial charge >= 0.3 is 6.80 Å². The van der Waals surface area contributed by atoms with Crippen molar-refractivity contribution in [3.8, 4) is 0 Å². The zero-order valence-electron chi connectivity index (χ0n) is 13.7. The van der Waals surface area contributed by atoms with E-state index in [1.54, 1.807) is 14.2 Å². The molecule has 0 amide bonds. The van der Waals surface area contributed by atoms with Gasteiger partial charge in [0.1, 0.15) is 20.1 Å². The van der Waals surface area contributed by atoms with Crippen LogP contribution in [0.3, 0.4) is 0 Å². The Hall–Kier alpha value is 0.535. The molecule has 5 radical (unpaired) electrons. The van der Waals surface area contributed by atoms with Gasteiger partial charge in [0.2, 0.25) is 0 Å². The number of hydrogen-bond donors (Lipinski definition) is 0. The van der Waals surface area contributed by atoms with E-state index in [1.807, 2.05) is 0 Å². The van der Waals surface area contributed by atoms with Crippen molar-refractivity contribution in [2.75, 3.05) is 27.4 Å². The van der Waals surface area contributed by atoms with E-state index in [1.165, 1.54) is 7.17 Å². The maximum Gasteiger partial charge on any atom is 0.392 e. The van der Waals surface area contributed by atoms with Gasteiger partial charge in [-0.25, -0.2) is 4.57 Å². The molecule has 0 aromatic rings. The lowest BCUT2D eigenvalue weighted by molar-refractivity contribution is -0.0341. The lowest BCUT2D eigenvalue weighted by Crippen LogP contribution is -2.37. The molecule has 0 aromatic carbocycles. The van der Waals surface area contributed by atoms with Crippen LogP contribution in [0.5, 0.6) is 0 Å². The summed E-state index contributed by atoms with van der Waals surface area (Å²) in [5.74, 6) is 0. The fourth-order valence-electron chi connectivity index (χ4n) is 3.18. The zero-order chi connectivity index (χ0) is 17.4. The van der Waals surface area contributed by atoms with E-state index in [4.69, 9.17) is 43.6 Å². The van der Waals surface area contributed by atoms with Crippen LogP contribution >= 0.6 is 18.2 Å². The van der Waals surface area contributed by atoms with Gasteiger partial charge in [0.25, 0.3) is 0 Å². The average molecular weight is 371 g/mol. The fourth-order valence-corrected chi connectivity index (χ4v) is 7.84. The Morgan fingerprint density at radius 2 is 2.21 bits per heavy atom. The number of rotatable bonds is 7. The molecule has 0 N–H and O–H groups in total. The van der Waals surface area contributed by atoms with Gasteiger partial charge in [0.15, 0.2) is 4.93 Å². The van der Waals surface area contributed by atoms with Crippen molar-refractivity contribution in [3.05, 3.63) is 0 Å². The Labute approximate surface area is 149 Å². The third-order valence-corrected chi connectivity index (χ3v) is 8.46. The summed E-state index contributed by atoms with van der Waals surface area (Å²) in [6.07, 6.45) is 0.0984. The van der Waals surface area contributed by atoms with Crippen LogP contribution in [0.4, 0.5) is 0 Å². The number of ether oxygens (including phenoxy) is 4. The average Bonchev–Trinajstić information content (AvgIpc) is 3.13. The first kappa shape index (κ1) is 19.3. The van der Waals surface area contributed by atoms with Gasteiger partial charge in [-0.3, -0.25) is 9.05 Å². The molecule has 7 atom stereocenters. The molecular weight excluding hydrogens is 352 g/mol. The third-order valence-electron chi connectivity index (χ3n) is 4.30. The third kappa shape index (κ3) is 3.79. The van der Waals surface area contributed by atoms with Gasteiger partial charge in [0.05, 0.1) is 26.5 Å². The Morgan fingerprint density at radius 1 is 1.42 bits per heavy atom. The minimum atomic E-state index is -3.41. The molecule has 3 unspecified atom stereocenters. The molecule has 0 spiro atoms. The Bertz CT molecular complexity index is 503. The van der Waals surface area contributed by atoms with Gasteiger partial charge in [-0.15, -0.1) is 0 Å². The van der Waals surface area contributed by atoms with E-state index in [9.17, 15) is 4.57 Å². The smallest absolute Gasteiger partial charge is 0.381 e. The molecule has 129 valence electrons. The van der Waals surface area contributed by atoms with Crippen LogP contribution in [0.15, 0.2) is 0 Å². The highest BCUT2D eigenvalue weighted by Crippen LogP contribution is 2.75. The van der Waals surface area contributed by atoms with Crippen LogP contribution in [-0.2, 0) is 32.6 Å². The first-order valence-corrected chi connectivity index (χ1v) is 10.7. The number of methoxy groups -OCH3 is 2. The van der Waals surface area contributed by atoms with Crippen molar-refractivity contribution in [2.45, 2.75) is 48.1 Å². The zero-order valence-corrected chi connectivity index (χ0v) is 15.4. The molecule has 0 bridgehead atoms. The Morgan fingerprint density at radius 3 is 2.88 bits per heavy atom. The molecule has 3 heterocycles. The monoisotopic (exact) mass is 371 g/mol. The van der Waals surface area contributed by atoms with Crippen LogP contribution in [0.25, 0.3) is 0 Å². The van der Waals surface area contributed by atoms with Crippen LogP contribution in [0, 0.1) is 0 Å². The van der Waals surface area contributed by atoms with Gasteiger partial charge in [-0.1, -0.05) is 0 Å². The van der Waals surface area contributed by atoms with Crippen molar-refractivity contribution < 1.29 is 32.6 Å². The maximum absolute atomic E-state index is 12.9. The molecule has 3 aliphatic heterocycles. The summed E-state index contributed by atoms with van der Waals surface area (Å²) in [6.45, 7) is -3.11. The summed E-state index contributed by atoms with van der Waals surface area (Å²) in [4.78, 5) is -0.894. The minimum absolute atomic E-state index is 0.0783. The Balaban J connectivity index is 1.61. The minimum Gasteiger partial charge on any atom is -0.381 e. The SMILES string of the molecule is [B][B][C@H]1CC(OC)[C@@H](COP2(=O)OC3C[C@H]([B])O[C@@]3(COC)S2)O1. The van der Waals surface area contributed by atoms with E-state index in [0.717, 1.165) is 11.4 Å². The largest absolute Gasteiger partial charge is 0.392 e. The summed E-state index contributed by atoms with van der Waals surface area (Å²) in [7, 11) is 15.9. The molecule has 24 heavy (non-hydrogen) atoms. The van der Waals surface area contributed by atoms with Gasteiger partial charge in [-0.2, -0.15) is 0 Å². The quantitative estimate of drug-likeness (QED) is 0.471. The highest BCUT2D eigenvalue weighted by molar-refractivity contribution is 8.56. The highest BCUT2D eigenvalue weighted by atomic mass is 32.7. The predicted octanol–water partition coefficient (Wildman–Crippen LogP) is 0.418. The molecule has 12 heteroatoms. The van der Waals surface area contributed by atoms with Crippen molar-refractivity contribution in [2.24, 2.45) is 0 Å². The highest BCUT2D eigenvalue weighted by Gasteiger charge is 2.62. The summed E-state index contributed by atoms with van der Waals surface area (Å²) in [6, 6.07) is -0.675. The summed E-state index contributed by atoms with van der Waals surface area (Å²) in [5.41, 5.74) is 0. The lowest BCUT2D eigenvalue weighted by atomic mass is 9.51. The van der Waals surface area contributed by atoms with Crippen LogP contribution in [0.2, 0.25) is 0 Å². The second-order valence-corrected chi connectivity index (χ2v) is 10.1. The summed E-state index contributed by atoms with van der Waals surface area (Å²) < 4.78 is 46.2. The molecular formula is C12H19B3O7PS. The van der Waals surface area contributed by atoms with E-state index in [-0.39, 0.29) is 31.4 Å². The summed E-state index contributed by atoms with van der Waals surface area (Å²) >= 11 is 1.01. The second-order valence-electron chi connectivity index (χ2n) is 5.98. The van der Waals surface area contributed by atoms with E-state index >= 15 is 0 Å². The van der Waals surface area contributed by atoms with E-state index in [2.05, 4.69) is 0 Å². The molecule has 3 aliphatic rings. The van der Waals surface area contributed by atoms with Crippen molar-refractivity contribution in [1.82, 2.24) is 0 Å². The standard InChI is InChI=1S/C12H19B3O7PS/c1-17-6-12-9(4-10(13)21-12)22-23(16,24-12)19-5-8-7(18-2)3-11(15-14)20-8/h7-11H,3-6H2,1-2H3/t7?,8-,9?,10-,11-,12+,23?/m1/s1. The van der Waals surface area contributed by atoms with Gasteiger partial charge in [0, 0.05) is 34.0 Å². The lowest BCUT2D eigenvalue weighted by Gasteiger charge is -2.24. The van der Waals surface area contributed by atoms with Crippen molar-refractivity contribution in [1.29, 1.82) is 0 Å². The van der Waals surface area contributed by atoms with E-state index in [0.29, 0.717) is 12.8 Å². The topological polar surface area (TPSA) is 72.5 Å². The molecule has 7 nitrogen and oxygen atoms in total. The summed E-state index contributed by atoms with van der Waals surface area (Å²) in [5, 5.41) is 0. The number of hydrogen-bond acceptors (Lipinski definition) is 8. The van der Waals surface area contributed by atoms with Crippen LogP contribution in [0.1, 0.15) is 12.8 Å². The first-order valence-electron chi connectivity index (χ1n) is 7.73. The van der Waals surface area contributed by atoms with Gasteiger partial charge in [-0.05, 0) is 24.2 Å². The Kier molecular flexibility index (Phi) is 6.15. The molecule has 0 saturated carbocycles. The number of fused-ring (bicyclic) bond motifs is 1.